The molecule has 25 heavy (non-hydrogen) atoms. The molecule has 0 aromatic heterocycles. The van der Waals surface area contributed by atoms with Crippen LogP contribution >= 0.6 is 0 Å². The summed E-state index contributed by atoms with van der Waals surface area (Å²) in [4.78, 5) is 35.6. The maximum absolute atomic E-state index is 12.2. The van der Waals surface area contributed by atoms with Crippen molar-refractivity contribution >= 4 is 17.5 Å². The molecule has 0 fully saturated rings. The second kappa shape index (κ2) is 9.32. The van der Waals surface area contributed by atoms with Gasteiger partial charge in [0.15, 0.2) is 0 Å². The number of hydrogen-bond donors (Lipinski definition) is 0. The number of nitro benzene ring substituents is 1. The van der Waals surface area contributed by atoms with E-state index in [1.54, 1.807) is 36.4 Å². The highest BCUT2D eigenvalue weighted by molar-refractivity contribution is 6.21. The lowest BCUT2D eigenvalue weighted by atomic mass is 10.1. The molecule has 1 aliphatic heterocycles. The number of hydrogen-bond acceptors (Lipinski definition) is 4. The second-order valence-electron chi connectivity index (χ2n) is 4.67. The maximum atomic E-state index is 12.2. The molecule has 0 saturated heterocycles. The van der Waals surface area contributed by atoms with Crippen LogP contribution in [0.2, 0.25) is 0 Å². The molecule has 0 unspecified atom stereocenters. The summed E-state index contributed by atoms with van der Waals surface area (Å²) in [5.41, 5.74) is 1.42. The summed E-state index contributed by atoms with van der Waals surface area (Å²) in [6.07, 6.45) is 0. The SMILES string of the molecule is CC.CC.O=C1c2ccccc2C(=O)N1Cc1ccc([N+](=O)[O-])cc1. The number of non-ortho nitro benzene ring substituents is 1. The highest BCUT2D eigenvalue weighted by Crippen LogP contribution is 2.24. The Hall–Kier alpha value is -3.02. The molecule has 0 atom stereocenters. The average molecular weight is 342 g/mol. The molecule has 3 rings (SSSR count). The maximum Gasteiger partial charge on any atom is 0.269 e. The minimum absolute atomic E-state index is 0.0267. The third-order valence-corrected chi connectivity index (χ3v) is 3.37. The van der Waals surface area contributed by atoms with E-state index in [2.05, 4.69) is 0 Å². The van der Waals surface area contributed by atoms with Crippen molar-refractivity contribution in [1.82, 2.24) is 4.90 Å². The van der Waals surface area contributed by atoms with Crippen LogP contribution in [-0.4, -0.2) is 21.6 Å². The number of amides is 2. The largest absolute Gasteiger partial charge is 0.270 e. The molecule has 1 aliphatic rings. The van der Waals surface area contributed by atoms with Crippen LogP contribution < -0.4 is 0 Å². The lowest BCUT2D eigenvalue weighted by Gasteiger charge is -2.13. The topological polar surface area (TPSA) is 80.5 Å². The Morgan fingerprint density at radius 3 is 1.68 bits per heavy atom. The molecular weight excluding hydrogens is 320 g/mol. The van der Waals surface area contributed by atoms with E-state index in [-0.39, 0.29) is 24.0 Å². The van der Waals surface area contributed by atoms with Crippen molar-refractivity contribution < 1.29 is 14.5 Å². The van der Waals surface area contributed by atoms with Crippen molar-refractivity contribution in [3.05, 3.63) is 75.3 Å². The number of nitro groups is 1. The van der Waals surface area contributed by atoms with Gasteiger partial charge in [-0.25, -0.2) is 0 Å². The molecule has 132 valence electrons. The molecule has 0 saturated carbocycles. The zero-order chi connectivity index (χ0) is 19.0. The first kappa shape index (κ1) is 20.0. The van der Waals surface area contributed by atoms with Crippen molar-refractivity contribution in [1.29, 1.82) is 0 Å². The Morgan fingerprint density at radius 1 is 0.840 bits per heavy atom. The molecule has 0 aliphatic carbocycles. The number of rotatable bonds is 3. The molecule has 2 aromatic rings. The summed E-state index contributed by atoms with van der Waals surface area (Å²) in [7, 11) is 0. The highest BCUT2D eigenvalue weighted by atomic mass is 16.6. The third-order valence-electron chi connectivity index (χ3n) is 3.37. The standard InChI is InChI=1S/C15H10N2O4.2C2H6/c18-14-12-3-1-2-4-13(12)15(19)16(14)9-10-5-7-11(8-6-10)17(20)21;2*1-2/h1-8H,9H2;2*1-2H3. The van der Waals surface area contributed by atoms with Gasteiger partial charge in [-0.05, 0) is 17.7 Å². The van der Waals surface area contributed by atoms with Gasteiger partial charge in [0, 0.05) is 12.1 Å². The van der Waals surface area contributed by atoms with Crippen LogP contribution in [0.15, 0.2) is 48.5 Å². The summed E-state index contributed by atoms with van der Waals surface area (Å²) in [5, 5.41) is 10.6. The van der Waals surface area contributed by atoms with Crippen LogP contribution in [0.3, 0.4) is 0 Å². The van der Waals surface area contributed by atoms with Gasteiger partial charge in [-0.2, -0.15) is 0 Å². The van der Waals surface area contributed by atoms with Gasteiger partial charge in [-0.3, -0.25) is 24.6 Å². The van der Waals surface area contributed by atoms with Crippen molar-refractivity contribution in [3.8, 4) is 0 Å². The van der Waals surface area contributed by atoms with Crippen molar-refractivity contribution in [2.24, 2.45) is 0 Å². The molecule has 0 N–H and O–H groups in total. The van der Waals surface area contributed by atoms with E-state index in [1.807, 2.05) is 27.7 Å². The number of carbonyl (C=O) groups is 2. The first-order valence-corrected chi connectivity index (χ1v) is 8.26. The van der Waals surface area contributed by atoms with E-state index in [9.17, 15) is 19.7 Å². The molecule has 2 amide bonds. The van der Waals surface area contributed by atoms with Gasteiger partial charge in [-0.1, -0.05) is 52.0 Å². The van der Waals surface area contributed by atoms with E-state index in [0.717, 1.165) is 4.90 Å². The van der Waals surface area contributed by atoms with Gasteiger partial charge in [-0.15, -0.1) is 0 Å². The van der Waals surface area contributed by atoms with E-state index >= 15 is 0 Å². The summed E-state index contributed by atoms with van der Waals surface area (Å²) in [5.74, 6) is -0.678. The fourth-order valence-electron chi connectivity index (χ4n) is 2.29. The zero-order valence-corrected chi connectivity index (χ0v) is 14.9. The van der Waals surface area contributed by atoms with Crippen LogP contribution in [-0.2, 0) is 6.54 Å². The molecule has 6 heteroatoms. The van der Waals surface area contributed by atoms with Crippen molar-refractivity contribution in [3.63, 3.8) is 0 Å². The number of benzene rings is 2. The fraction of sp³-hybridized carbons (Fsp3) is 0.263. The van der Waals surface area contributed by atoms with E-state index in [0.29, 0.717) is 16.7 Å². The Balaban J connectivity index is 0.000000730. The Labute approximate surface area is 147 Å². The first-order valence-electron chi connectivity index (χ1n) is 8.26. The normalized spacial score (nSPS) is 11.8. The molecule has 0 radical (unpaired) electrons. The molecular formula is C19H22N2O4. The van der Waals surface area contributed by atoms with Crippen molar-refractivity contribution in [2.75, 3.05) is 0 Å². The summed E-state index contributed by atoms with van der Waals surface area (Å²) < 4.78 is 0. The molecule has 1 heterocycles. The minimum atomic E-state index is -0.494. The number of fused-ring (bicyclic) bond motifs is 1. The summed E-state index contributed by atoms with van der Waals surface area (Å²) in [6.45, 7) is 8.10. The lowest BCUT2D eigenvalue weighted by Crippen LogP contribution is -2.29. The van der Waals surface area contributed by atoms with Crippen LogP contribution in [0.4, 0.5) is 5.69 Å². The quantitative estimate of drug-likeness (QED) is 0.469. The average Bonchev–Trinajstić information content (AvgIpc) is 2.91. The number of nitrogens with zero attached hydrogens (tertiary/aromatic N) is 2. The molecule has 2 aromatic carbocycles. The lowest BCUT2D eigenvalue weighted by molar-refractivity contribution is -0.384. The third kappa shape index (κ3) is 4.29. The van der Waals surface area contributed by atoms with Gasteiger partial charge in [0.25, 0.3) is 17.5 Å². The Morgan fingerprint density at radius 2 is 1.28 bits per heavy atom. The first-order chi connectivity index (χ1) is 12.1. The van der Waals surface area contributed by atoms with Crippen molar-refractivity contribution in [2.45, 2.75) is 34.2 Å². The number of imide groups is 1. The molecule has 6 nitrogen and oxygen atoms in total. The van der Waals surface area contributed by atoms with Crippen LogP contribution in [0, 0.1) is 10.1 Å². The van der Waals surface area contributed by atoms with Gasteiger partial charge < -0.3 is 0 Å². The zero-order valence-electron chi connectivity index (χ0n) is 14.9. The molecule has 0 spiro atoms. The predicted octanol–water partition coefficient (Wildman–Crippen LogP) is 4.44. The van der Waals surface area contributed by atoms with Crippen LogP contribution in [0.25, 0.3) is 0 Å². The van der Waals surface area contributed by atoms with Gasteiger partial charge in [0.2, 0.25) is 0 Å². The van der Waals surface area contributed by atoms with Crippen LogP contribution in [0.5, 0.6) is 0 Å². The Kier molecular flexibility index (Phi) is 7.46. The van der Waals surface area contributed by atoms with Gasteiger partial charge in [0.1, 0.15) is 0 Å². The summed E-state index contributed by atoms with van der Waals surface area (Å²) >= 11 is 0. The van der Waals surface area contributed by atoms with E-state index < -0.39 is 4.92 Å². The minimum Gasteiger partial charge on any atom is -0.270 e. The monoisotopic (exact) mass is 342 g/mol. The second-order valence-corrected chi connectivity index (χ2v) is 4.67. The van der Waals surface area contributed by atoms with Crippen LogP contribution in [0.1, 0.15) is 54.0 Å². The van der Waals surface area contributed by atoms with Gasteiger partial charge in [0.05, 0.1) is 22.6 Å². The summed E-state index contributed by atoms with van der Waals surface area (Å²) in [6, 6.07) is 12.4. The van der Waals surface area contributed by atoms with E-state index in [4.69, 9.17) is 0 Å². The van der Waals surface area contributed by atoms with Gasteiger partial charge >= 0.3 is 0 Å². The highest BCUT2D eigenvalue weighted by Gasteiger charge is 2.34. The van der Waals surface area contributed by atoms with E-state index in [1.165, 1.54) is 12.1 Å². The number of carbonyl (C=O) groups excluding carboxylic acids is 2. The predicted molar refractivity (Wildman–Crippen MR) is 96.4 cm³/mol. The molecule has 0 bridgehead atoms. The smallest absolute Gasteiger partial charge is 0.269 e. The fourth-order valence-corrected chi connectivity index (χ4v) is 2.29. The Bertz CT molecular complexity index is 719.